The van der Waals surface area contributed by atoms with Crippen molar-refractivity contribution in [2.24, 2.45) is 5.92 Å². The molecule has 0 spiro atoms. The Labute approximate surface area is 177 Å². The summed E-state index contributed by atoms with van der Waals surface area (Å²) in [6.45, 7) is 6.37. The summed E-state index contributed by atoms with van der Waals surface area (Å²) in [6, 6.07) is 8.45. The lowest BCUT2D eigenvalue weighted by atomic mass is 9.99. The average molecular weight is 415 g/mol. The number of nitrogens with zero attached hydrogens (tertiary/aromatic N) is 2. The van der Waals surface area contributed by atoms with Crippen LogP contribution in [0.4, 0.5) is 0 Å². The molecule has 0 aliphatic carbocycles. The van der Waals surface area contributed by atoms with Gasteiger partial charge in [-0.2, -0.15) is 11.3 Å². The van der Waals surface area contributed by atoms with Gasteiger partial charge < -0.3 is 14.4 Å². The first-order valence-electron chi connectivity index (χ1n) is 10.4. The zero-order valence-electron chi connectivity index (χ0n) is 17.3. The maximum absolute atomic E-state index is 13.1. The molecule has 1 amide bonds. The second-order valence-electron chi connectivity index (χ2n) is 8.25. The first-order chi connectivity index (χ1) is 14.1. The van der Waals surface area contributed by atoms with Crippen molar-refractivity contribution in [3.63, 3.8) is 0 Å². The van der Waals surface area contributed by atoms with Gasteiger partial charge in [0, 0.05) is 44.4 Å². The highest BCUT2D eigenvalue weighted by atomic mass is 32.1. The molecule has 0 radical (unpaired) electrons. The van der Waals surface area contributed by atoms with Crippen LogP contribution >= 0.6 is 11.3 Å². The molecule has 2 atom stereocenters. The van der Waals surface area contributed by atoms with E-state index in [9.17, 15) is 4.79 Å². The summed E-state index contributed by atoms with van der Waals surface area (Å²) in [6.07, 6.45) is 2.14. The molecule has 1 saturated heterocycles. The topological polar surface area (TPSA) is 42.0 Å². The van der Waals surface area contributed by atoms with Crippen molar-refractivity contribution >= 4 is 17.2 Å². The third-order valence-electron chi connectivity index (χ3n) is 5.85. The fourth-order valence-electron chi connectivity index (χ4n) is 4.38. The number of thiophene rings is 1. The number of amides is 1. The molecule has 29 heavy (non-hydrogen) atoms. The number of benzene rings is 1. The van der Waals surface area contributed by atoms with Gasteiger partial charge in [-0.05, 0) is 48.6 Å². The van der Waals surface area contributed by atoms with E-state index >= 15 is 0 Å². The number of hydrogen-bond acceptors (Lipinski definition) is 5. The standard InChI is InChI=1S/C23H30N2O3S/c1-17-5-6-21-20(10-17)12-24(13-22(28-21)19-7-9-29-16-19)14-23(26)25-8-3-4-18(11-25)15-27-2/h5-7,9-10,16,18,22H,3-4,8,11-15H2,1-2H3. The van der Waals surface area contributed by atoms with Crippen molar-refractivity contribution < 1.29 is 14.3 Å². The van der Waals surface area contributed by atoms with Gasteiger partial charge in [-0.25, -0.2) is 0 Å². The summed E-state index contributed by atoms with van der Waals surface area (Å²) < 4.78 is 11.7. The average Bonchev–Trinajstić information content (AvgIpc) is 3.18. The van der Waals surface area contributed by atoms with Gasteiger partial charge in [-0.1, -0.05) is 17.7 Å². The third kappa shape index (κ3) is 5.00. The molecule has 2 unspecified atom stereocenters. The summed E-state index contributed by atoms with van der Waals surface area (Å²) >= 11 is 1.68. The number of aryl methyl sites for hydroxylation is 1. The zero-order valence-corrected chi connectivity index (χ0v) is 18.1. The number of carbonyl (C=O) groups excluding carboxylic acids is 1. The van der Waals surface area contributed by atoms with E-state index in [-0.39, 0.29) is 12.0 Å². The third-order valence-corrected chi connectivity index (χ3v) is 6.55. The van der Waals surface area contributed by atoms with Gasteiger partial charge in [-0.15, -0.1) is 0 Å². The van der Waals surface area contributed by atoms with Gasteiger partial charge in [-0.3, -0.25) is 9.69 Å². The zero-order chi connectivity index (χ0) is 20.2. The molecule has 4 rings (SSSR count). The number of piperidine rings is 1. The Hall–Kier alpha value is -1.89. The molecule has 5 nitrogen and oxygen atoms in total. The number of ether oxygens (including phenoxy) is 2. The van der Waals surface area contributed by atoms with E-state index in [0.29, 0.717) is 19.0 Å². The minimum atomic E-state index is -0.0550. The molecule has 2 aromatic rings. The number of rotatable bonds is 5. The van der Waals surface area contributed by atoms with E-state index in [1.54, 1.807) is 18.4 Å². The summed E-state index contributed by atoms with van der Waals surface area (Å²) in [5.74, 6) is 1.60. The quantitative estimate of drug-likeness (QED) is 0.745. The van der Waals surface area contributed by atoms with Crippen LogP contribution < -0.4 is 4.74 Å². The Morgan fingerprint density at radius 2 is 2.21 bits per heavy atom. The lowest BCUT2D eigenvalue weighted by Crippen LogP contribution is -2.46. The fraction of sp³-hybridized carbons (Fsp3) is 0.522. The van der Waals surface area contributed by atoms with Crippen molar-refractivity contribution in [3.05, 3.63) is 51.7 Å². The van der Waals surface area contributed by atoms with Crippen molar-refractivity contribution in [3.8, 4) is 5.75 Å². The number of hydrogen-bond donors (Lipinski definition) is 0. The first-order valence-corrected chi connectivity index (χ1v) is 11.3. The van der Waals surface area contributed by atoms with Crippen molar-refractivity contribution in [2.45, 2.75) is 32.4 Å². The second kappa shape index (κ2) is 9.28. The Kier molecular flexibility index (Phi) is 6.53. The molecule has 1 aromatic carbocycles. The SMILES string of the molecule is COCC1CCCN(C(=O)CN2Cc3cc(C)ccc3OC(c3ccsc3)C2)C1. The van der Waals surface area contributed by atoms with E-state index in [4.69, 9.17) is 9.47 Å². The van der Waals surface area contributed by atoms with E-state index in [2.05, 4.69) is 46.8 Å². The van der Waals surface area contributed by atoms with Crippen molar-refractivity contribution in [2.75, 3.05) is 39.9 Å². The monoisotopic (exact) mass is 414 g/mol. The Balaban J connectivity index is 1.50. The van der Waals surface area contributed by atoms with Crippen LogP contribution in [0.15, 0.2) is 35.0 Å². The molecule has 0 bridgehead atoms. The smallest absolute Gasteiger partial charge is 0.236 e. The van der Waals surface area contributed by atoms with Crippen LogP contribution in [0, 0.1) is 12.8 Å². The Bertz CT molecular complexity index is 822. The molecule has 0 saturated carbocycles. The molecular formula is C23H30N2O3S. The maximum Gasteiger partial charge on any atom is 0.236 e. The maximum atomic E-state index is 13.1. The number of methoxy groups -OCH3 is 1. The predicted molar refractivity (Wildman–Crippen MR) is 115 cm³/mol. The molecule has 3 heterocycles. The number of fused-ring (bicyclic) bond motifs is 1. The molecule has 1 fully saturated rings. The molecule has 0 N–H and O–H groups in total. The lowest BCUT2D eigenvalue weighted by molar-refractivity contribution is -0.135. The van der Waals surface area contributed by atoms with E-state index in [1.165, 1.54) is 11.1 Å². The molecule has 6 heteroatoms. The normalized spacial score (nSPS) is 22.6. The van der Waals surface area contributed by atoms with Gasteiger partial charge in [0.25, 0.3) is 0 Å². The largest absolute Gasteiger partial charge is 0.484 e. The van der Waals surface area contributed by atoms with Gasteiger partial charge in [0.05, 0.1) is 13.2 Å². The van der Waals surface area contributed by atoms with Crippen LogP contribution in [0.5, 0.6) is 5.75 Å². The van der Waals surface area contributed by atoms with E-state index in [1.807, 2.05) is 4.90 Å². The summed E-state index contributed by atoms with van der Waals surface area (Å²) in [7, 11) is 1.74. The van der Waals surface area contributed by atoms with Gasteiger partial charge in [0.1, 0.15) is 11.9 Å². The van der Waals surface area contributed by atoms with Gasteiger partial charge in [0.2, 0.25) is 5.91 Å². The highest BCUT2D eigenvalue weighted by molar-refractivity contribution is 7.07. The van der Waals surface area contributed by atoms with Crippen LogP contribution in [0.1, 0.15) is 35.6 Å². The molecule has 156 valence electrons. The second-order valence-corrected chi connectivity index (χ2v) is 9.03. The highest BCUT2D eigenvalue weighted by Gasteiger charge is 2.29. The van der Waals surface area contributed by atoms with Gasteiger partial charge >= 0.3 is 0 Å². The van der Waals surface area contributed by atoms with Crippen LogP contribution in [-0.4, -0.2) is 55.6 Å². The minimum absolute atomic E-state index is 0.0550. The van der Waals surface area contributed by atoms with E-state index < -0.39 is 0 Å². The molecule has 1 aromatic heterocycles. The lowest BCUT2D eigenvalue weighted by Gasteiger charge is -2.34. The predicted octanol–water partition coefficient (Wildman–Crippen LogP) is 3.88. The molecular weight excluding hydrogens is 384 g/mol. The summed E-state index contributed by atoms with van der Waals surface area (Å²) in [5.41, 5.74) is 3.55. The fourth-order valence-corrected chi connectivity index (χ4v) is 5.09. The van der Waals surface area contributed by atoms with Crippen LogP contribution in [0.25, 0.3) is 0 Å². The summed E-state index contributed by atoms with van der Waals surface area (Å²) in [5, 5.41) is 4.22. The minimum Gasteiger partial charge on any atom is -0.484 e. The molecule has 2 aliphatic rings. The van der Waals surface area contributed by atoms with Crippen LogP contribution in [0.3, 0.4) is 0 Å². The number of carbonyl (C=O) groups is 1. The van der Waals surface area contributed by atoms with Crippen molar-refractivity contribution in [1.82, 2.24) is 9.80 Å². The summed E-state index contributed by atoms with van der Waals surface area (Å²) in [4.78, 5) is 17.4. The van der Waals surface area contributed by atoms with Gasteiger partial charge in [0.15, 0.2) is 0 Å². The van der Waals surface area contributed by atoms with E-state index in [0.717, 1.165) is 50.4 Å². The van der Waals surface area contributed by atoms with Crippen LogP contribution in [0.2, 0.25) is 0 Å². The number of likely N-dealkylation sites (tertiary alicyclic amines) is 1. The Morgan fingerprint density at radius 3 is 3.00 bits per heavy atom. The Morgan fingerprint density at radius 1 is 1.31 bits per heavy atom. The highest BCUT2D eigenvalue weighted by Crippen LogP contribution is 2.32. The molecule has 2 aliphatic heterocycles. The van der Waals surface area contributed by atoms with Crippen LogP contribution in [-0.2, 0) is 16.1 Å². The first kappa shape index (κ1) is 20.4. The van der Waals surface area contributed by atoms with Crippen molar-refractivity contribution in [1.29, 1.82) is 0 Å².